The molecule has 1 aliphatic rings. The number of nitrogens with zero attached hydrogens (tertiary/aromatic N) is 2. The van der Waals surface area contributed by atoms with Gasteiger partial charge in [-0.25, -0.2) is 4.98 Å². The van der Waals surface area contributed by atoms with Crippen LogP contribution in [0.1, 0.15) is 15.9 Å². The second-order valence-corrected chi connectivity index (χ2v) is 9.50. The number of fused-ring (bicyclic) bond motifs is 1. The van der Waals surface area contributed by atoms with Gasteiger partial charge in [-0.3, -0.25) is 9.69 Å². The average molecular weight is 505 g/mol. The van der Waals surface area contributed by atoms with Gasteiger partial charge in [-0.05, 0) is 48.0 Å². The summed E-state index contributed by atoms with van der Waals surface area (Å²) in [5.41, 5.74) is 2.86. The van der Waals surface area contributed by atoms with Crippen LogP contribution in [0.4, 0.5) is 10.8 Å². The quantitative estimate of drug-likeness (QED) is 0.287. The maximum absolute atomic E-state index is 12.5. The van der Waals surface area contributed by atoms with E-state index >= 15 is 0 Å². The second kappa shape index (κ2) is 11.4. The Morgan fingerprint density at radius 1 is 1.08 bits per heavy atom. The maximum Gasteiger partial charge on any atom is 0.255 e. The van der Waals surface area contributed by atoms with E-state index in [2.05, 4.69) is 20.5 Å². The SMILES string of the molecule is O=C(Nc1ccccc1O)c1ccc(CNc2nc3ccc(OCCN4CCOCC4)cc3s2)cc1. The topological polar surface area (TPSA) is 96.0 Å². The molecule has 186 valence electrons. The van der Waals surface area contributed by atoms with Crippen LogP contribution in [-0.4, -0.2) is 60.4 Å². The van der Waals surface area contributed by atoms with E-state index in [1.165, 1.54) is 6.07 Å². The van der Waals surface area contributed by atoms with E-state index in [0.29, 0.717) is 24.4 Å². The van der Waals surface area contributed by atoms with Crippen molar-refractivity contribution in [3.05, 3.63) is 77.9 Å². The molecule has 3 N–H and O–H groups in total. The first-order valence-electron chi connectivity index (χ1n) is 11.9. The number of benzene rings is 3. The predicted octanol–water partition coefficient (Wildman–Crippen LogP) is 4.58. The number of carbonyl (C=O) groups excluding carboxylic acids is 1. The van der Waals surface area contributed by atoms with Crippen molar-refractivity contribution in [2.24, 2.45) is 0 Å². The van der Waals surface area contributed by atoms with Crippen molar-refractivity contribution >= 4 is 38.3 Å². The van der Waals surface area contributed by atoms with Crippen LogP contribution in [0.3, 0.4) is 0 Å². The highest BCUT2D eigenvalue weighted by Gasteiger charge is 2.11. The molecule has 0 unspecified atom stereocenters. The Balaban J connectivity index is 1.13. The highest BCUT2D eigenvalue weighted by molar-refractivity contribution is 7.22. The zero-order valence-electron chi connectivity index (χ0n) is 19.8. The number of phenols is 1. The molecule has 1 aromatic heterocycles. The van der Waals surface area contributed by atoms with E-state index in [4.69, 9.17) is 9.47 Å². The van der Waals surface area contributed by atoms with Crippen molar-refractivity contribution in [2.45, 2.75) is 6.54 Å². The van der Waals surface area contributed by atoms with Crippen molar-refractivity contribution in [1.82, 2.24) is 9.88 Å². The summed E-state index contributed by atoms with van der Waals surface area (Å²) in [5, 5.41) is 16.8. The highest BCUT2D eigenvalue weighted by atomic mass is 32.1. The third-order valence-corrected chi connectivity index (χ3v) is 6.93. The van der Waals surface area contributed by atoms with Gasteiger partial charge in [-0.15, -0.1) is 0 Å². The predicted molar refractivity (Wildman–Crippen MR) is 142 cm³/mol. The first-order valence-corrected chi connectivity index (χ1v) is 12.7. The number of ether oxygens (including phenoxy) is 2. The van der Waals surface area contributed by atoms with Gasteiger partial charge in [0, 0.05) is 31.7 Å². The molecule has 9 heteroatoms. The molecule has 0 bridgehead atoms. The first kappa shape index (κ1) is 24.1. The summed E-state index contributed by atoms with van der Waals surface area (Å²) in [6.45, 7) is 5.64. The van der Waals surface area contributed by atoms with Crippen LogP contribution >= 0.6 is 11.3 Å². The Kier molecular flexibility index (Phi) is 7.61. The smallest absolute Gasteiger partial charge is 0.255 e. The Morgan fingerprint density at radius 3 is 2.69 bits per heavy atom. The number of thiazole rings is 1. The fourth-order valence-electron chi connectivity index (χ4n) is 3.91. The van der Waals surface area contributed by atoms with Crippen molar-refractivity contribution in [2.75, 3.05) is 50.1 Å². The summed E-state index contributed by atoms with van der Waals surface area (Å²) in [5.74, 6) is 0.614. The van der Waals surface area contributed by atoms with Crippen molar-refractivity contribution < 1.29 is 19.4 Å². The Morgan fingerprint density at radius 2 is 1.89 bits per heavy atom. The summed E-state index contributed by atoms with van der Waals surface area (Å²) >= 11 is 1.59. The van der Waals surface area contributed by atoms with E-state index in [1.54, 1.807) is 41.7 Å². The molecule has 3 aromatic carbocycles. The van der Waals surface area contributed by atoms with Crippen LogP contribution in [0.15, 0.2) is 66.7 Å². The minimum absolute atomic E-state index is 0.0363. The number of para-hydroxylation sites is 2. The standard InChI is InChI=1S/C27H28N4O4S/c32-24-4-2-1-3-22(24)29-26(33)20-7-5-19(6-8-20)18-28-27-30-23-10-9-21(17-25(23)36-27)35-16-13-31-11-14-34-15-12-31/h1-10,17,32H,11-16,18H2,(H,28,30)(H,29,33). The largest absolute Gasteiger partial charge is 0.506 e. The number of morpholine rings is 1. The second-order valence-electron chi connectivity index (χ2n) is 8.47. The lowest BCUT2D eigenvalue weighted by Crippen LogP contribution is -2.38. The summed E-state index contributed by atoms with van der Waals surface area (Å²) in [4.78, 5) is 19.5. The Labute approximate surface area is 213 Å². The lowest BCUT2D eigenvalue weighted by Gasteiger charge is -2.26. The highest BCUT2D eigenvalue weighted by Crippen LogP contribution is 2.29. The van der Waals surface area contributed by atoms with Crippen LogP contribution in [0, 0.1) is 0 Å². The molecule has 4 aromatic rings. The lowest BCUT2D eigenvalue weighted by atomic mass is 10.1. The van der Waals surface area contributed by atoms with Crippen LogP contribution in [0.25, 0.3) is 10.2 Å². The van der Waals surface area contributed by atoms with E-state index in [0.717, 1.165) is 59.5 Å². The van der Waals surface area contributed by atoms with E-state index in [-0.39, 0.29) is 11.7 Å². The zero-order valence-corrected chi connectivity index (χ0v) is 20.6. The number of hydrogen-bond donors (Lipinski definition) is 3. The number of amides is 1. The molecule has 1 fully saturated rings. The maximum atomic E-state index is 12.5. The van der Waals surface area contributed by atoms with E-state index in [1.807, 2.05) is 30.3 Å². The fourth-order valence-corrected chi connectivity index (χ4v) is 4.80. The molecule has 0 radical (unpaired) electrons. The van der Waals surface area contributed by atoms with Gasteiger partial charge in [0.2, 0.25) is 0 Å². The molecule has 1 saturated heterocycles. The van der Waals surface area contributed by atoms with E-state index < -0.39 is 0 Å². The van der Waals surface area contributed by atoms with Crippen LogP contribution in [0.5, 0.6) is 11.5 Å². The molecule has 0 atom stereocenters. The molecule has 2 heterocycles. The number of rotatable bonds is 9. The van der Waals surface area contributed by atoms with Gasteiger partial charge in [0.15, 0.2) is 5.13 Å². The summed E-state index contributed by atoms with van der Waals surface area (Å²) in [6.07, 6.45) is 0. The summed E-state index contributed by atoms with van der Waals surface area (Å²) < 4.78 is 12.4. The summed E-state index contributed by atoms with van der Waals surface area (Å²) in [7, 11) is 0. The zero-order chi connectivity index (χ0) is 24.7. The average Bonchev–Trinajstić information content (AvgIpc) is 3.32. The van der Waals surface area contributed by atoms with Crippen molar-refractivity contribution in [1.29, 1.82) is 0 Å². The van der Waals surface area contributed by atoms with Crippen molar-refractivity contribution in [3.63, 3.8) is 0 Å². The number of anilines is 2. The number of nitrogens with one attached hydrogen (secondary N) is 2. The van der Waals surface area contributed by atoms with Gasteiger partial charge in [-0.1, -0.05) is 35.6 Å². The molecule has 0 saturated carbocycles. The number of aromatic hydroxyl groups is 1. The third-order valence-electron chi connectivity index (χ3n) is 5.95. The number of aromatic nitrogens is 1. The molecule has 36 heavy (non-hydrogen) atoms. The normalized spacial score (nSPS) is 14.0. The molecule has 0 aliphatic carbocycles. The van der Waals surface area contributed by atoms with Crippen molar-refractivity contribution in [3.8, 4) is 11.5 Å². The Hall–Kier alpha value is -3.66. The monoisotopic (exact) mass is 504 g/mol. The molecule has 8 nitrogen and oxygen atoms in total. The molecule has 5 rings (SSSR count). The van der Waals surface area contributed by atoms with Gasteiger partial charge in [0.25, 0.3) is 5.91 Å². The number of carbonyl (C=O) groups is 1. The van der Waals surface area contributed by atoms with Gasteiger partial charge in [-0.2, -0.15) is 0 Å². The third kappa shape index (κ3) is 6.12. The minimum atomic E-state index is -0.273. The number of phenolic OH excluding ortho intramolecular Hbond substituents is 1. The molecule has 0 spiro atoms. The van der Waals surface area contributed by atoms with Gasteiger partial charge in [0.1, 0.15) is 18.1 Å². The fraction of sp³-hybridized carbons (Fsp3) is 0.259. The molecule has 1 aliphatic heterocycles. The minimum Gasteiger partial charge on any atom is -0.506 e. The van der Waals surface area contributed by atoms with Crippen LogP contribution in [-0.2, 0) is 11.3 Å². The van der Waals surface area contributed by atoms with Crippen LogP contribution in [0.2, 0.25) is 0 Å². The van der Waals surface area contributed by atoms with Gasteiger partial charge in [0.05, 0.1) is 29.1 Å². The van der Waals surface area contributed by atoms with Gasteiger partial charge >= 0.3 is 0 Å². The molecular formula is C27H28N4O4S. The molecule has 1 amide bonds. The lowest BCUT2D eigenvalue weighted by molar-refractivity contribution is 0.0322. The van der Waals surface area contributed by atoms with Crippen LogP contribution < -0.4 is 15.4 Å². The Bertz CT molecular complexity index is 1320. The number of hydrogen-bond acceptors (Lipinski definition) is 8. The summed E-state index contributed by atoms with van der Waals surface area (Å²) in [6, 6.07) is 20.0. The van der Waals surface area contributed by atoms with Gasteiger partial charge < -0.3 is 25.2 Å². The van der Waals surface area contributed by atoms with E-state index in [9.17, 15) is 9.90 Å². The first-order chi connectivity index (χ1) is 17.6. The molecular weight excluding hydrogens is 476 g/mol.